The molecule has 0 spiro atoms. The quantitative estimate of drug-likeness (QED) is 0.721. The third-order valence-corrected chi connectivity index (χ3v) is 3.18. The van der Waals surface area contributed by atoms with E-state index < -0.39 is 0 Å². The monoisotopic (exact) mass is 262 g/mol. The molecule has 0 saturated heterocycles. The van der Waals surface area contributed by atoms with Gasteiger partial charge in [0.05, 0.1) is 23.3 Å². The number of aryl methyl sites for hydroxylation is 1. The van der Waals surface area contributed by atoms with E-state index in [1.54, 1.807) is 21.8 Å². The SMILES string of the molecule is Cn1nccc1-c1c(N)nnn1Cc1cnns1. The van der Waals surface area contributed by atoms with Gasteiger partial charge in [0.2, 0.25) is 0 Å². The van der Waals surface area contributed by atoms with Crippen LogP contribution in [0.25, 0.3) is 11.4 Å². The summed E-state index contributed by atoms with van der Waals surface area (Å²) in [5, 5.41) is 15.9. The van der Waals surface area contributed by atoms with E-state index in [0.717, 1.165) is 16.3 Å². The maximum absolute atomic E-state index is 5.87. The Bertz CT molecular complexity index is 652. The van der Waals surface area contributed by atoms with Crippen LogP contribution in [-0.2, 0) is 13.6 Å². The summed E-state index contributed by atoms with van der Waals surface area (Å²) in [6, 6.07) is 1.87. The summed E-state index contributed by atoms with van der Waals surface area (Å²) < 4.78 is 7.27. The average molecular weight is 262 g/mol. The van der Waals surface area contributed by atoms with Crippen LogP contribution in [0.2, 0.25) is 0 Å². The van der Waals surface area contributed by atoms with Gasteiger partial charge < -0.3 is 5.73 Å². The molecule has 0 aliphatic rings. The fourth-order valence-electron chi connectivity index (χ4n) is 1.71. The molecule has 9 heteroatoms. The fourth-order valence-corrected chi connectivity index (χ4v) is 2.19. The maximum atomic E-state index is 5.87. The molecule has 0 amide bonds. The standard InChI is InChI=1S/C9H10N8S/c1-16-7(2-3-12-16)8-9(10)13-14-17(8)5-6-4-11-15-18-6/h2-4H,5,10H2,1H3. The van der Waals surface area contributed by atoms with E-state index in [0.29, 0.717) is 12.4 Å². The Hall–Kier alpha value is -2.29. The maximum Gasteiger partial charge on any atom is 0.175 e. The van der Waals surface area contributed by atoms with Gasteiger partial charge in [0.15, 0.2) is 5.82 Å². The average Bonchev–Trinajstić information content (AvgIpc) is 3.04. The van der Waals surface area contributed by atoms with Gasteiger partial charge in [0.1, 0.15) is 5.69 Å². The van der Waals surface area contributed by atoms with Gasteiger partial charge >= 0.3 is 0 Å². The zero-order valence-electron chi connectivity index (χ0n) is 9.56. The van der Waals surface area contributed by atoms with Crippen molar-refractivity contribution in [2.75, 3.05) is 5.73 Å². The Balaban J connectivity index is 2.04. The lowest BCUT2D eigenvalue weighted by atomic mass is 10.3. The molecule has 0 aliphatic heterocycles. The number of nitrogens with zero attached hydrogens (tertiary/aromatic N) is 7. The van der Waals surface area contributed by atoms with Crippen LogP contribution in [0.1, 0.15) is 4.88 Å². The van der Waals surface area contributed by atoms with E-state index in [1.807, 2.05) is 13.1 Å². The van der Waals surface area contributed by atoms with Crippen molar-refractivity contribution < 1.29 is 0 Å². The molecule has 0 atom stereocenters. The highest BCUT2D eigenvalue weighted by atomic mass is 32.1. The number of nitrogen functional groups attached to an aromatic ring is 1. The molecule has 3 aromatic heterocycles. The summed E-state index contributed by atoms with van der Waals surface area (Å²) >= 11 is 1.32. The zero-order chi connectivity index (χ0) is 12.5. The van der Waals surface area contributed by atoms with E-state index in [-0.39, 0.29) is 0 Å². The molecular weight excluding hydrogens is 252 g/mol. The second-order valence-electron chi connectivity index (χ2n) is 3.70. The van der Waals surface area contributed by atoms with Crippen molar-refractivity contribution in [2.24, 2.45) is 7.05 Å². The number of hydrogen-bond acceptors (Lipinski definition) is 7. The van der Waals surface area contributed by atoms with Gasteiger partial charge in [-0.05, 0) is 17.6 Å². The highest BCUT2D eigenvalue weighted by molar-refractivity contribution is 7.05. The smallest absolute Gasteiger partial charge is 0.175 e. The molecule has 0 aromatic carbocycles. The Morgan fingerprint density at radius 3 is 3.00 bits per heavy atom. The van der Waals surface area contributed by atoms with Crippen molar-refractivity contribution in [3.05, 3.63) is 23.3 Å². The van der Waals surface area contributed by atoms with Crippen LogP contribution < -0.4 is 5.73 Å². The van der Waals surface area contributed by atoms with Crippen LogP contribution in [0.3, 0.4) is 0 Å². The highest BCUT2D eigenvalue weighted by Crippen LogP contribution is 2.23. The molecule has 0 aliphatic carbocycles. The lowest BCUT2D eigenvalue weighted by Crippen LogP contribution is -2.06. The second kappa shape index (κ2) is 4.18. The molecule has 3 aromatic rings. The van der Waals surface area contributed by atoms with Crippen molar-refractivity contribution in [3.8, 4) is 11.4 Å². The van der Waals surface area contributed by atoms with E-state index in [1.165, 1.54) is 11.5 Å². The number of nitrogens with two attached hydrogens (primary N) is 1. The van der Waals surface area contributed by atoms with Gasteiger partial charge in [-0.1, -0.05) is 9.70 Å². The molecule has 18 heavy (non-hydrogen) atoms. The first-order valence-corrected chi connectivity index (χ1v) is 5.96. The van der Waals surface area contributed by atoms with E-state index in [4.69, 9.17) is 5.73 Å². The minimum atomic E-state index is 0.385. The predicted molar refractivity (Wildman–Crippen MR) is 65.6 cm³/mol. The molecule has 0 unspecified atom stereocenters. The summed E-state index contributed by atoms with van der Waals surface area (Å²) in [6.45, 7) is 0.544. The lowest BCUT2D eigenvalue weighted by Gasteiger charge is -2.05. The Morgan fingerprint density at radius 2 is 2.33 bits per heavy atom. The number of anilines is 1. The van der Waals surface area contributed by atoms with Gasteiger partial charge in [-0.3, -0.25) is 4.68 Å². The summed E-state index contributed by atoms with van der Waals surface area (Å²) in [6.07, 6.45) is 3.41. The van der Waals surface area contributed by atoms with Crippen molar-refractivity contribution in [1.29, 1.82) is 0 Å². The summed E-state index contributed by atoms with van der Waals surface area (Å²) in [4.78, 5) is 0.989. The Morgan fingerprint density at radius 1 is 1.44 bits per heavy atom. The Kier molecular flexibility index (Phi) is 2.52. The van der Waals surface area contributed by atoms with E-state index in [2.05, 4.69) is 25.0 Å². The molecule has 0 bridgehead atoms. The molecule has 0 fully saturated rings. The van der Waals surface area contributed by atoms with Gasteiger partial charge in [-0.25, -0.2) is 4.68 Å². The minimum Gasteiger partial charge on any atom is -0.380 e. The third kappa shape index (κ3) is 1.74. The normalized spacial score (nSPS) is 10.9. The van der Waals surface area contributed by atoms with Crippen molar-refractivity contribution in [2.45, 2.75) is 6.54 Å². The van der Waals surface area contributed by atoms with Crippen LogP contribution in [0.4, 0.5) is 5.82 Å². The first-order valence-electron chi connectivity index (χ1n) is 5.19. The van der Waals surface area contributed by atoms with Crippen LogP contribution >= 0.6 is 11.5 Å². The number of aromatic nitrogens is 7. The van der Waals surface area contributed by atoms with Gasteiger partial charge in [0.25, 0.3) is 0 Å². The van der Waals surface area contributed by atoms with Crippen molar-refractivity contribution >= 4 is 17.4 Å². The summed E-state index contributed by atoms with van der Waals surface area (Å²) in [5.74, 6) is 0.385. The first-order chi connectivity index (χ1) is 8.75. The minimum absolute atomic E-state index is 0.385. The second-order valence-corrected chi connectivity index (χ2v) is 4.58. The third-order valence-electron chi connectivity index (χ3n) is 2.54. The molecule has 0 saturated carbocycles. The molecule has 92 valence electrons. The largest absolute Gasteiger partial charge is 0.380 e. The molecule has 0 radical (unpaired) electrons. The fraction of sp³-hybridized carbons (Fsp3) is 0.222. The van der Waals surface area contributed by atoms with Gasteiger partial charge in [0, 0.05) is 13.2 Å². The Labute approximate surface area is 106 Å². The van der Waals surface area contributed by atoms with Crippen molar-refractivity contribution in [3.63, 3.8) is 0 Å². The van der Waals surface area contributed by atoms with Crippen LogP contribution in [0, 0.1) is 0 Å². The highest BCUT2D eigenvalue weighted by Gasteiger charge is 2.16. The first kappa shape index (κ1) is 10.8. The molecule has 3 heterocycles. The topological polar surface area (TPSA) is 100 Å². The van der Waals surface area contributed by atoms with Gasteiger partial charge in [-0.2, -0.15) is 5.10 Å². The van der Waals surface area contributed by atoms with E-state index in [9.17, 15) is 0 Å². The van der Waals surface area contributed by atoms with Crippen LogP contribution in [-0.4, -0.2) is 34.4 Å². The molecule has 2 N–H and O–H groups in total. The van der Waals surface area contributed by atoms with E-state index >= 15 is 0 Å². The van der Waals surface area contributed by atoms with Crippen molar-refractivity contribution in [1.82, 2.24) is 34.4 Å². The zero-order valence-corrected chi connectivity index (χ0v) is 10.4. The molecular formula is C9H10N8S. The predicted octanol–water partition coefficient (Wildman–Crippen LogP) is 0.161. The summed E-state index contributed by atoms with van der Waals surface area (Å²) in [5.41, 5.74) is 7.49. The van der Waals surface area contributed by atoms with Crippen LogP contribution in [0.15, 0.2) is 18.5 Å². The van der Waals surface area contributed by atoms with Gasteiger partial charge in [-0.15, -0.1) is 10.2 Å². The molecule has 8 nitrogen and oxygen atoms in total. The molecule has 3 rings (SSSR count). The number of rotatable bonds is 3. The number of hydrogen-bond donors (Lipinski definition) is 1. The van der Waals surface area contributed by atoms with Crippen LogP contribution in [0.5, 0.6) is 0 Å². The summed E-state index contributed by atoms with van der Waals surface area (Å²) in [7, 11) is 1.85. The lowest BCUT2D eigenvalue weighted by molar-refractivity contribution is 0.654.